The predicted molar refractivity (Wildman–Crippen MR) is 88.7 cm³/mol. The molecule has 1 N–H and O–H groups in total. The second-order valence-electron chi connectivity index (χ2n) is 6.72. The molecule has 0 spiro atoms. The van der Waals surface area contributed by atoms with Crippen LogP contribution in [0, 0.1) is 0 Å². The third kappa shape index (κ3) is 5.62. The Morgan fingerprint density at radius 1 is 1.19 bits per heavy atom. The van der Waals surface area contributed by atoms with E-state index < -0.39 is 0 Å². The van der Waals surface area contributed by atoms with E-state index in [0.717, 1.165) is 43.5 Å². The van der Waals surface area contributed by atoms with Crippen LogP contribution in [0.2, 0.25) is 0 Å². The lowest BCUT2D eigenvalue weighted by Gasteiger charge is -2.20. The molecule has 0 aliphatic heterocycles. The average molecular weight is 293 g/mol. The third-order valence-corrected chi connectivity index (χ3v) is 3.56. The van der Waals surface area contributed by atoms with Gasteiger partial charge in [0, 0.05) is 24.1 Å². The van der Waals surface area contributed by atoms with Gasteiger partial charge in [0.2, 0.25) is 0 Å². The first-order valence-corrected chi connectivity index (χ1v) is 8.22. The van der Waals surface area contributed by atoms with Crippen molar-refractivity contribution in [1.29, 1.82) is 0 Å². The normalized spacial score (nSPS) is 11.9. The molecule has 1 heterocycles. The van der Waals surface area contributed by atoms with E-state index in [0.29, 0.717) is 13.1 Å². The maximum atomic E-state index is 12.5. The van der Waals surface area contributed by atoms with Gasteiger partial charge in [0.25, 0.3) is 5.56 Å². The van der Waals surface area contributed by atoms with Crippen molar-refractivity contribution in [1.82, 2.24) is 15.1 Å². The number of hydrogen-bond donors (Lipinski definition) is 1. The minimum Gasteiger partial charge on any atom is -0.312 e. The maximum Gasteiger partial charge on any atom is 0.271 e. The first kappa shape index (κ1) is 17.9. The van der Waals surface area contributed by atoms with Crippen molar-refractivity contribution < 1.29 is 0 Å². The Bertz CT molecular complexity index is 486. The monoisotopic (exact) mass is 293 g/mol. The molecule has 1 rings (SSSR count). The summed E-state index contributed by atoms with van der Waals surface area (Å²) in [6, 6.07) is 1.98. The lowest BCUT2D eigenvalue weighted by Crippen LogP contribution is -2.32. The lowest BCUT2D eigenvalue weighted by molar-refractivity contribution is 0.479. The minimum absolute atomic E-state index is 0.0418. The number of nitrogens with zero attached hydrogens (tertiary/aromatic N) is 2. The van der Waals surface area contributed by atoms with E-state index in [4.69, 9.17) is 0 Å². The lowest BCUT2D eigenvalue weighted by atomic mass is 9.91. The SMILES string of the molecule is CCCCNCc1cc(C(C)(C)C)nn(CCCC)c1=O. The first-order valence-electron chi connectivity index (χ1n) is 8.22. The smallest absolute Gasteiger partial charge is 0.271 e. The molecule has 0 aromatic carbocycles. The van der Waals surface area contributed by atoms with Crippen molar-refractivity contribution in [2.75, 3.05) is 6.54 Å². The van der Waals surface area contributed by atoms with Crippen LogP contribution in [0.5, 0.6) is 0 Å². The topological polar surface area (TPSA) is 46.9 Å². The Kier molecular flexibility index (Phi) is 7.09. The molecule has 1 aromatic rings. The zero-order chi connectivity index (χ0) is 15.9. The van der Waals surface area contributed by atoms with Crippen molar-refractivity contribution in [3.8, 4) is 0 Å². The Morgan fingerprint density at radius 2 is 1.86 bits per heavy atom. The number of aromatic nitrogens is 2. The van der Waals surface area contributed by atoms with Gasteiger partial charge in [0.15, 0.2) is 0 Å². The molecule has 0 aliphatic carbocycles. The minimum atomic E-state index is -0.0418. The fraction of sp³-hybridized carbons (Fsp3) is 0.765. The molecular weight excluding hydrogens is 262 g/mol. The van der Waals surface area contributed by atoms with Gasteiger partial charge in [0.1, 0.15) is 0 Å². The summed E-state index contributed by atoms with van der Waals surface area (Å²) >= 11 is 0. The van der Waals surface area contributed by atoms with Gasteiger partial charge in [-0.15, -0.1) is 0 Å². The van der Waals surface area contributed by atoms with E-state index in [1.807, 2.05) is 6.07 Å². The van der Waals surface area contributed by atoms with E-state index >= 15 is 0 Å². The highest BCUT2D eigenvalue weighted by Gasteiger charge is 2.19. The van der Waals surface area contributed by atoms with Crippen LogP contribution in [0.25, 0.3) is 0 Å². The highest BCUT2D eigenvalue weighted by Crippen LogP contribution is 2.19. The number of hydrogen-bond acceptors (Lipinski definition) is 3. The zero-order valence-corrected chi connectivity index (χ0v) is 14.3. The van der Waals surface area contributed by atoms with E-state index in [9.17, 15) is 4.79 Å². The van der Waals surface area contributed by atoms with Gasteiger partial charge in [-0.25, -0.2) is 4.68 Å². The number of aryl methyl sites for hydroxylation is 1. The van der Waals surface area contributed by atoms with Crippen LogP contribution in [0.3, 0.4) is 0 Å². The number of nitrogens with one attached hydrogen (secondary N) is 1. The Labute approximate surface area is 129 Å². The molecule has 0 aliphatic rings. The highest BCUT2D eigenvalue weighted by atomic mass is 16.1. The molecule has 0 saturated carbocycles. The molecule has 0 atom stereocenters. The molecule has 1 aromatic heterocycles. The van der Waals surface area contributed by atoms with E-state index in [1.54, 1.807) is 4.68 Å². The van der Waals surface area contributed by atoms with E-state index in [-0.39, 0.29) is 11.0 Å². The Balaban J connectivity index is 3.00. The van der Waals surface area contributed by atoms with Crippen LogP contribution in [0.1, 0.15) is 71.6 Å². The van der Waals surface area contributed by atoms with Gasteiger partial charge in [-0.2, -0.15) is 5.10 Å². The molecule has 0 unspecified atom stereocenters. The largest absolute Gasteiger partial charge is 0.312 e. The second-order valence-corrected chi connectivity index (χ2v) is 6.72. The van der Waals surface area contributed by atoms with E-state index in [2.05, 4.69) is 45.0 Å². The van der Waals surface area contributed by atoms with Crippen molar-refractivity contribution in [2.45, 2.75) is 78.8 Å². The van der Waals surface area contributed by atoms with Gasteiger partial charge >= 0.3 is 0 Å². The Morgan fingerprint density at radius 3 is 2.43 bits per heavy atom. The quantitative estimate of drug-likeness (QED) is 0.749. The molecule has 4 heteroatoms. The Hall–Kier alpha value is -1.16. The van der Waals surface area contributed by atoms with E-state index in [1.165, 1.54) is 0 Å². The molecule has 0 fully saturated rings. The average Bonchev–Trinajstić information content (AvgIpc) is 2.42. The van der Waals surface area contributed by atoms with Crippen LogP contribution >= 0.6 is 0 Å². The molecule has 0 amide bonds. The molecule has 0 saturated heterocycles. The summed E-state index contributed by atoms with van der Waals surface area (Å²) in [6.07, 6.45) is 4.36. The van der Waals surface area contributed by atoms with Gasteiger partial charge < -0.3 is 5.32 Å². The predicted octanol–water partition coefficient (Wildman–Crippen LogP) is 3.23. The van der Waals surface area contributed by atoms with Crippen molar-refractivity contribution >= 4 is 0 Å². The van der Waals surface area contributed by atoms with Gasteiger partial charge in [0.05, 0.1) is 5.69 Å². The maximum absolute atomic E-state index is 12.5. The summed E-state index contributed by atoms with van der Waals surface area (Å²) in [5.74, 6) is 0. The fourth-order valence-corrected chi connectivity index (χ4v) is 2.07. The zero-order valence-electron chi connectivity index (χ0n) is 14.3. The van der Waals surface area contributed by atoms with Crippen LogP contribution in [-0.2, 0) is 18.5 Å². The van der Waals surface area contributed by atoms with Gasteiger partial charge in [-0.1, -0.05) is 47.5 Å². The molecule has 0 radical (unpaired) electrons. The summed E-state index contributed by atoms with van der Waals surface area (Å²) in [7, 11) is 0. The summed E-state index contributed by atoms with van der Waals surface area (Å²) in [4.78, 5) is 12.5. The number of rotatable bonds is 8. The van der Waals surface area contributed by atoms with Crippen molar-refractivity contribution in [3.05, 3.63) is 27.7 Å². The van der Waals surface area contributed by atoms with Crippen molar-refractivity contribution in [3.63, 3.8) is 0 Å². The number of unbranched alkanes of at least 4 members (excludes halogenated alkanes) is 2. The fourth-order valence-electron chi connectivity index (χ4n) is 2.07. The highest BCUT2D eigenvalue weighted by molar-refractivity contribution is 5.19. The second kappa shape index (κ2) is 8.32. The van der Waals surface area contributed by atoms with Crippen LogP contribution < -0.4 is 10.9 Å². The summed E-state index contributed by atoms with van der Waals surface area (Å²) < 4.78 is 1.65. The molecule has 21 heavy (non-hydrogen) atoms. The standard InChI is InChI=1S/C17H31N3O/c1-6-8-10-18-13-14-12-15(17(3,4)5)19-20(16(14)21)11-9-7-2/h12,18H,6-11,13H2,1-5H3. The van der Waals surface area contributed by atoms with Crippen molar-refractivity contribution in [2.24, 2.45) is 0 Å². The van der Waals surface area contributed by atoms with Gasteiger partial charge in [-0.05, 0) is 25.5 Å². The summed E-state index contributed by atoms with van der Waals surface area (Å²) in [5.41, 5.74) is 1.84. The first-order chi connectivity index (χ1) is 9.90. The summed E-state index contributed by atoms with van der Waals surface area (Å²) in [5, 5.41) is 7.93. The molecular formula is C17H31N3O. The molecule has 0 bridgehead atoms. The summed E-state index contributed by atoms with van der Waals surface area (Å²) in [6.45, 7) is 13.0. The molecule has 120 valence electrons. The van der Waals surface area contributed by atoms with Crippen LogP contribution in [-0.4, -0.2) is 16.3 Å². The van der Waals surface area contributed by atoms with Crippen LogP contribution in [0.15, 0.2) is 10.9 Å². The van der Waals surface area contributed by atoms with Crippen LogP contribution in [0.4, 0.5) is 0 Å². The third-order valence-electron chi connectivity index (χ3n) is 3.56. The molecule has 4 nitrogen and oxygen atoms in total. The van der Waals surface area contributed by atoms with Gasteiger partial charge in [-0.3, -0.25) is 4.79 Å².